The van der Waals surface area contributed by atoms with Crippen molar-refractivity contribution in [3.05, 3.63) is 62.0 Å². The van der Waals surface area contributed by atoms with E-state index in [1.54, 1.807) is 27.8 Å². The predicted octanol–water partition coefficient (Wildman–Crippen LogP) is 4.89. The van der Waals surface area contributed by atoms with Crippen LogP contribution in [0.15, 0.2) is 50.4 Å². The second kappa shape index (κ2) is 7.42. The molecule has 23 heavy (non-hydrogen) atoms. The molecule has 0 radical (unpaired) electrons. The van der Waals surface area contributed by atoms with Gasteiger partial charge in [0, 0.05) is 10.2 Å². The average molecular weight is 407 g/mol. The zero-order valence-electron chi connectivity index (χ0n) is 12.7. The number of thiophene rings is 1. The monoisotopic (exact) mass is 406 g/mol. The summed E-state index contributed by atoms with van der Waals surface area (Å²) in [6, 6.07) is 10.4. The third-order valence-corrected chi connectivity index (χ3v) is 5.71. The van der Waals surface area contributed by atoms with Crippen molar-refractivity contribution >= 4 is 45.2 Å². The van der Waals surface area contributed by atoms with Crippen LogP contribution in [0.4, 0.5) is 0 Å². The van der Waals surface area contributed by atoms with E-state index in [-0.39, 0.29) is 0 Å². The standard InChI is InChI=1S/C16H15BrN4S2/c1-11-7-8-22-15(11)9-18-21-12(2)19-20-16(21)23-10-13-3-5-14(17)6-4-13/h3-9H,10H2,1-2H3/b18-9-. The second-order valence-corrected chi connectivity index (χ2v) is 7.78. The molecule has 0 spiro atoms. The SMILES string of the molecule is Cc1ccsc1/C=N\n1c(C)nnc1SCc1ccc(Br)cc1. The van der Waals surface area contributed by atoms with E-state index in [1.807, 2.05) is 25.3 Å². The van der Waals surface area contributed by atoms with Crippen molar-refractivity contribution < 1.29 is 0 Å². The van der Waals surface area contributed by atoms with Crippen molar-refractivity contribution in [1.82, 2.24) is 14.9 Å². The Bertz CT molecular complexity index is 821. The second-order valence-electron chi connectivity index (χ2n) is 4.97. The number of aromatic nitrogens is 3. The first-order valence-corrected chi connectivity index (χ1v) is 9.67. The van der Waals surface area contributed by atoms with Crippen LogP contribution in [0.1, 0.15) is 21.8 Å². The van der Waals surface area contributed by atoms with Crippen molar-refractivity contribution in [2.24, 2.45) is 5.10 Å². The summed E-state index contributed by atoms with van der Waals surface area (Å²) < 4.78 is 2.88. The van der Waals surface area contributed by atoms with Gasteiger partial charge in [0.05, 0.1) is 11.1 Å². The number of hydrogen-bond donors (Lipinski definition) is 0. The fourth-order valence-electron chi connectivity index (χ4n) is 1.92. The Labute approximate surface area is 151 Å². The molecule has 0 saturated carbocycles. The molecule has 0 unspecified atom stereocenters. The van der Waals surface area contributed by atoms with Gasteiger partial charge in [0.15, 0.2) is 5.82 Å². The predicted molar refractivity (Wildman–Crippen MR) is 101 cm³/mol. The highest BCUT2D eigenvalue weighted by molar-refractivity contribution is 9.10. The van der Waals surface area contributed by atoms with Crippen LogP contribution in [-0.4, -0.2) is 21.1 Å². The molecular formula is C16H15BrN4S2. The minimum atomic E-state index is 0.786. The Morgan fingerprint density at radius 3 is 2.70 bits per heavy atom. The molecule has 7 heteroatoms. The third kappa shape index (κ3) is 4.10. The molecule has 2 heterocycles. The highest BCUT2D eigenvalue weighted by atomic mass is 79.9. The summed E-state index contributed by atoms with van der Waals surface area (Å²) in [6.07, 6.45) is 1.88. The van der Waals surface area contributed by atoms with Gasteiger partial charge in [-0.05, 0) is 48.6 Å². The van der Waals surface area contributed by atoms with E-state index >= 15 is 0 Å². The van der Waals surface area contributed by atoms with Crippen LogP contribution in [0.5, 0.6) is 0 Å². The van der Waals surface area contributed by atoms with E-state index < -0.39 is 0 Å². The van der Waals surface area contributed by atoms with Crippen LogP contribution < -0.4 is 0 Å². The van der Waals surface area contributed by atoms with Crippen LogP contribution in [0, 0.1) is 13.8 Å². The van der Waals surface area contributed by atoms with Gasteiger partial charge in [0.25, 0.3) is 0 Å². The summed E-state index contributed by atoms with van der Waals surface area (Å²) in [5, 5.41) is 15.8. The van der Waals surface area contributed by atoms with Gasteiger partial charge in [-0.1, -0.05) is 39.8 Å². The van der Waals surface area contributed by atoms with Crippen molar-refractivity contribution in [1.29, 1.82) is 0 Å². The molecule has 3 aromatic rings. The van der Waals surface area contributed by atoms with E-state index in [4.69, 9.17) is 0 Å². The molecule has 1 aromatic carbocycles. The molecule has 0 aliphatic carbocycles. The minimum absolute atomic E-state index is 0.786. The quantitative estimate of drug-likeness (QED) is 0.447. The van der Waals surface area contributed by atoms with E-state index in [0.717, 1.165) is 26.1 Å². The Kier molecular flexibility index (Phi) is 5.30. The van der Waals surface area contributed by atoms with Crippen molar-refractivity contribution in [2.45, 2.75) is 24.8 Å². The van der Waals surface area contributed by atoms with E-state index in [1.165, 1.54) is 11.1 Å². The minimum Gasteiger partial charge on any atom is -0.192 e. The smallest absolute Gasteiger partial charge is 0.192 e. The van der Waals surface area contributed by atoms with E-state index in [0.29, 0.717) is 0 Å². The van der Waals surface area contributed by atoms with Gasteiger partial charge in [-0.2, -0.15) is 9.78 Å². The van der Waals surface area contributed by atoms with Gasteiger partial charge in [-0.25, -0.2) is 0 Å². The number of hydrogen-bond acceptors (Lipinski definition) is 5. The molecule has 2 aromatic heterocycles. The Hall–Kier alpha value is -1.44. The summed E-state index contributed by atoms with van der Waals surface area (Å²) in [5.41, 5.74) is 2.47. The van der Waals surface area contributed by atoms with Crippen LogP contribution in [0.2, 0.25) is 0 Å². The summed E-state index contributed by atoms with van der Waals surface area (Å²) in [4.78, 5) is 1.15. The lowest BCUT2D eigenvalue weighted by atomic mass is 10.2. The number of benzene rings is 1. The maximum absolute atomic E-state index is 4.54. The normalized spacial score (nSPS) is 11.4. The highest BCUT2D eigenvalue weighted by Gasteiger charge is 2.09. The van der Waals surface area contributed by atoms with Crippen LogP contribution in [-0.2, 0) is 5.75 Å². The van der Waals surface area contributed by atoms with Crippen molar-refractivity contribution in [2.75, 3.05) is 0 Å². The maximum Gasteiger partial charge on any atom is 0.212 e. The molecule has 118 valence electrons. The zero-order valence-corrected chi connectivity index (χ0v) is 16.0. The molecular weight excluding hydrogens is 392 g/mol. The summed E-state index contributed by atoms with van der Waals surface area (Å²) in [7, 11) is 0. The van der Waals surface area contributed by atoms with E-state index in [9.17, 15) is 0 Å². The molecule has 0 aliphatic heterocycles. The molecule has 0 aliphatic rings. The molecule has 0 bridgehead atoms. The van der Waals surface area contributed by atoms with Gasteiger partial charge in [0.1, 0.15) is 0 Å². The van der Waals surface area contributed by atoms with Crippen LogP contribution in [0.3, 0.4) is 0 Å². The lowest BCUT2D eigenvalue weighted by Crippen LogP contribution is -1.96. The molecule has 0 fully saturated rings. The first kappa shape index (κ1) is 16.4. The number of halogens is 1. The first-order valence-electron chi connectivity index (χ1n) is 7.01. The molecule has 0 atom stereocenters. The van der Waals surface area contributed by atoms with E-state index in [2.05, 4.69) is 61.7 Å². The largest absolute Gasteiger partial charge is 0.212 e. The molecule has 0 N–H and O–H groups in total. The molecule has 0 amide bonds. The van der Waals surface area contributed by atoms with Gasteiger partial charge < -0.3 is 0 Å². The number of rotatable bonds is 5. The maximum atomic E-state index is 4.54. The zero-order chi connectivity index (χ0) is 16.2. The number of aryl methyl sites for hydroxylation is 2. The molecule has 0 saturated heterocycles. The highest BCUT2D eigenvalue weighted by Crippen LogP contribution is 2.23. The van der Waals surface area contributed by atoms with Gasteiger partial charge >= 0.3 is 0 Å². The molecule has 3 rings (SSSR count). The number of nitrogens with zero attached hydrogens (tertiary/aromatic N) is 4. The lowest BCUT2D eigenvalue weighted by Gasteiger charge is -2.03. The van der Waals surface area contributed by atoms with Crippen LogP contribution in [0.25, 0.3) is 0 Å². The van der Waals surface area contributed by atoms with Gasteiger partial charge in [0.2, 0.25) is 5.16 Å². The Balaban J connectivity index is 1.75. The van der Waals surface area contributed by atoms with Crippen LogP contribution >= 0.6 is 39.0 Å². The number of thioether (sulfide) groups is 1. The Morgan fingerprint density at radius 1 is 1.22 bits per heavy atom. The third-order valence-electron chi connectivity index (χ3n) is 3.24. The summed E-state index contributed by atoms with van der Waals surface area (Å²) in [6.45, 7) is 4.00. The summed E-state index contributed by atoms with van der Waals surface area (Å²) in [5.74, 6) is 1.62. The Morgan fingerprint density at radius 2 is 2.00 bits per heavy atom. The summed E-state index contributed by atoms with van der Waals surface area (Å²) >= 11 is 6.76. The van der Waals surface area contributed by atoms with Gasteiger partial charge in [-0.3, -0.25) is 0 Å². The fourth-order valence-corrected chi connectivity index (χ4v) is 3.85. The average Bonchev–Trinajstić information content (AvgIpc) is 3.11. The van der Waals surface area contributed by atoms with Crippen molar-refractivity contribution in [3.8, 4) is 0 Å². The van der Waals surface area contributed by atoms with Gasteiger partial charge in [-0.15, -0.1) is 21.5 Å². The topological polar surface area (TPSA) is 43.1 Å². The first-order chi connectivity index (χ1) is 11.1. The molecule has 4 nitrogen and oxygen atoms in total. The van der Waals surface area contributed by atoms with Crippen molar-refractivity contribution in [3.63, 3.8) is 0 Å². The lowest BCUT2D eigenvalue weighted by molar-refractivity contribution is 0.744. The fraction of sp³-hybridized carbons (Fsp3) is 0.188.